The summed E-state index contributed by atoms with van der Waals surface area (Å²) in [5.74, 6) is 0.293. The first-order valence-electron chi connectivity index (χ1n) is 8.75. The normalized spacial score (nSPS) is 12.9. The molecule has 4 nitrogen and oxygen atoms in total. The van der Waals surface area contributed by atoms with Crippen LogP contribution in [0.4, 0.5) is 4.39 Å². The minimum Gasteiger partial charge on any atom is -0.389 e. The van der Waals surface area contributed by atoms with Crippen LogP contribution in [-0.4, -0.2) is 47.5 Å². The van der Waals surface area contributed by atoms with Crippen molar-refractivity contribution in [2.45, 2.75) is 33.0 Å². The van der Waals surface area contributed by atoms with Gasteiger partial charge in [-0.25, -0.2) is 4.39 Å². The number of aliphatic hydroxyl groups excluding tert-OH is 1. The third-order valence-corrected chi connectivity index (χ3v) is 4.03. The zero-order valence-corrected chi connectivity index (χ0v) is 15.4. The highest BCUT2D eigenvalue weighted by atomic mass is 19.1. The minimum atomic E-state index is -0.496. The second-order valence-electron chi connectivity index (χ2n) is 6.95. The summed E-state index contributed by atoms with van der Waals surface area (Å²) in [4.78, 5) is 2.25. The average molecular weight is 348 g/mol. The maximum Gasteiger partial charge on any atom is 0.123 e. The maximum absolute atomic E-state index is 13.1. The van der Waals surface area contributed by atoms with Gasteiger partial charge in [0.2, 0.25) is 0 Å². The van der Waals surface area contributed by atoms with Gasteiger partial charge in [-0.3, -0.25) is 4.90 Å². The van der Waals surface area contributed by atoms with Crippen molar-refractivity contribution < 1.29 is 14.2 Å². The number of ether oxygens (including phenoxy) is 1. The number of hydrogen-bond donors (Lipinski definition) is 1. The van der Waals surface area contributed by atoms with E-state index in [0.717, 1.165) is 18.7 Å². The molecular weight excluding hydrogens is 319 g/mol. The fourth-order valence-corrected chi connectivity index (χ4v) is 3.03. The maximum atomic E-state index is 13.1. The summed E-state index contributed by atoms with van der Waals surface area (Å²) >= 11 is 0. The van der Waals surface area contributed by atoms with Crippen LogP contribution in [0.5, 0.6) is 0 Å². The van der Waals surface area contributed by atoms with Gasteiger partial charge in [-0.1, -0.05) is 26.0 Å². The van der Waals surface area contributed by atoms with Gasteiger partial charge in [-0.15, -0.1) is 0 Å². The van der Waals surface area contributed by atoms with Crippen LogP contribution in [0.2, 0.25) is 0 Å². The van der Waals surface area contributed by atoms with Crippen molar-refractivity contribution in [3.8, 4) is 0 Å². The number of methoxy groups -OCH3 is 1. The van der Waals surface area contributed by atoms with E-state index in [-0.39, 0.29) is 5.82 Å². The van der Waals surface area contributed by atoms with E-state index in [0.29, 0.717) is 25.6 Å². The molecule has 0 saturated heterocycles. The van der Waals surface area contributed by atoms with E-state index in [2.05, 4.69) is 29.4 Å². The van der Waals surface area contributed by atoms with Gasteiger partial charge in [-0.05, 0) is 35.7 Å². The largest absolute Gasteiger partial charge is 0.389 e. The molecule has 1 aromatic heterocycles. The molecule has 25 heavy (non-hydrogen) atoms. The van der Waals surface area contributed by atoms with Gasteiger partial charge in [-0.2, -0.15) is 0 Å². The molecular formula is C20H29FN2O2. The molecule has 2 aromatic rings. The van der Waals surface area contributed by atoms with E-state index < -0.39 is 6.10 Å². The number of halogens is 1. The molecule has 0 aliphatic carbocycles. The number of rotatable bonds is 10. The van der Waals surface area contributed by atoms with Crippen molar-refractivity contribution in [3.63, 3.8) is 0 Å². The monoisotopic (exact) mass is 348 g/mol. The minimum absolute atomic E-state index is 0.216. The van der Waals surface area contributed by atoms with Crippen LogP contribution in [-0.2, 0) is 17.8 Å². The topological polar surface area (TPSA) is 37.6 Å². The van der Waals surface area contributed by atoms with E-state index in [1.807, 2.05) is 24.4 Å². The molecule has 1 heterocycles. The molecule has 0 radical (unpaired) electrons. The highest BCUT2D eigenvalue weighted by Crippen LogP contribution is 2.13. The van der Waals surface area contributed by atoms with Crippen molar-refractivity contribution in [2.75, 3.05) is 26.8 Å². The summed E-state index contributed by atoms with van der Waals surface area (Å²) in [6.45, 7) is 7.63. The third-order valence-electron chi connectivity index (χ3n) is 4.03. The van der Waals surface area contributed by atoms with E-state index in [1.165, 1.54) is 17.8 Å². The van der Waals surface area contributed by atoms with E-state index in [4.69, 9.17) is 4.74 Å². The van der Waals surface area contributed by atoms with Crippen molar-refractivity contribution in [1.29, 1.82) is 0 Å². The summed E-state index contributed by atoms with van der Waals surface area (Å²) in [6, 6.07) is 10.7. The first-order valence-corrected chi connectivity index (χ1v) is 8.75. The zero-order valence-electron chi connectivity index (χ0n) is 15.4. The molecule has 0 saturated carbocycles. The quantitative estimate of drug-likeness (QED) is 0.717. The molecule has 2 rings (SSSR count). The lowest BCUT2D eigenvalue weighted by molar-refractivity contribution is 0.0326. The predicted molar refractivity (Wildman–Crippen MR) is 97.9 cm³/mol. The van der Waals surface area contributed by atoms with Crippen LogP contribution in [0.15, 0.2) is 42.6 Å². The van der Waals surface area contributed by atoms with Crippen LogP contribution in [0, 0.1) is 11.7 Å². The van der Waals surface area contributed by atoms with E-state index >= 15 is 0 Å². The highest BCUT2D eigenvalue weighted by Gasteiger charge is 2.15. The Balaban J connectivity index is 2.05. The predicted octanol–water partition coefficient (Wildman–Crippen LogP) is 3.14. The van der Waals surface area contributed by atoms with Gasteiger partial charge in [0.15, 0.2) is 0 Å². The summed E-state index contributed by atoms with van der Waals surface area (Å²) in [5.41, 5.74) is 2.24. The van der Waals surface area contributed by atoms with Gasteiger partial charge < -0.3 is 14.4 Å². The molecule has 138 valence electrons. The van der Waals surface area contributed by atoms with Crippen LogP contribution < -0.4 is 0 Å². The summed E-state index contributed by atoms with van der Waals surface area (Å²) < 4.78 is 20.3. The Bertz CT molecular complexity index is 625. The standard InChI is InChI=1S/C20H29FN2O2/c1-16(2)11-22(14-20(24)15-25-3)13-19-5-4-10-23(19)12-17-6-8-18(21)9-7-17/h4-10,16,20,24H,11-15H2,1-3H3. The lowest BCUT2D eigenvalue weighted by Gasteiger charge is -2.27. The molecule has 1 unspecified atom stereocenters. The Labute approximate surface area is 149 Å². The Hall–Kier alpha value is -1.69. The van der Waals surface area contributed by atoms with Crippen molar-refractivity contribution in [2.24, 2.45) is 5.92 Å². The van der Waals surface area contributed by atoms with Crippen LogP contribution >= 0.6 is 0 Å². The van der Waals surface area contributed by atoms with Crippen molar-refractivity contribution in [3.05, 3.63) is 59.7 Å². The van der Waals surface area contributed by atoms with Crippen LogP contribution in [0.3, 0.4) is 0 Å². The molecule has 1 N–H and O–H groups in total. The van der Waals surface area contributed by atoms with Crippen LogP contribution in [0.25, 0.3) is 0 Å². The molecule has 1 aromatic carbocycles. The third kappa shape index (κ3) is 6.61. The molecule has 0 amide bonds. The molecule has 0 aliphatic heterocycles. The van der Waals surface area contributed by atoms with Gasteiger partial charge >= 0.3 is 0 Å². The summed E-state index contributed by atoms with van der Waals surface area (Å²) in [5, 5.41) is 10.1. The number of aliphatic hydroxyl groups is 1. The summed E-state index contributed by atoms with van der Waals surface area (Å²) in [6.07, 6.45) is 1.54. The number of benzene rings is 1. The number of hydrogen-bond acceptors (Lipinski definition) is 3. The van der Waals surface area contributed by atoms with Gasteiger partial charge in [0.05, 0.1) is 12.7 Å². The first-order chi connectivity index (χ1) is 12.0. The Morgan fingerprint density at radius 2 is 1.88 bits per heavy atom. The van der Waals surface area contributed by atoms with E-state index in [1.54, 1.807) is 7.11 Å². The molecule has 0 aliphatic rings. The first kappa shape index (κ1) is 19.6. The molecule has 0 fully saturated rings. The molecule has 1 atom stereocenters. The second-order valence-corrected chi connectivity index (χ2v) is 6.95. The SMILES string of the molecule is COCC(O)CN(Cc1cccn1Cc1ccc(F)cc1)CC(C)C. The Kier molecular flexibility index (Phi) is 7.62. The van der Waals surface area contributed by atoms with Crippen molar-refractivity contribution >= 4 is 0 Å². The van der Waals surface area contributed by atoms with Crippen LogP contribution in [0.1, 0.15) is 25.1 Å². The molecule has 0 spiro atoms. The lowest BCUT2D eigenvalue weighted by atomic mass is 10.2. The number of nitrogens with zero attached hydrogens (tertiary/aromatic N) is 2. The van der Waals surface area contributed by atoms with Gasteiger partial charge in [0, 0.05) is 45.2 Å². The zero-order chi connectivity index (χ0) is 18.2. The second kappa shape index (κ2) is 9.70. The van der Waals surface area contributed by atoms with Gasteiger partial charge in [0.25, 0.3) is 0 Å². The fourth-order valence-electron chi connectivity index (χ4n) is 3.03. The fraction of sp³-hybridized carbons (Fsp3) is 0.500. The van der Waals surface area contributed by atoms with Crippen molar-refractivity contribution in [1.82, 2.24) is 9.47 Å². The Morgan fingerprint density at radius 1 is 1.16 bits per heavy atom. The van der Waals surface area contributed by atoms with Gasteiger partial charge in [0.1, 0.15) is 5.82 Å². The molecule has 0 bridgehead atoms. The number of aromatic nitrogens is 1. The molecule has 5 heteroatoms. The van der Waals surface area contributed by atoms with E-state index in [9.17, 15) is 9.50 Å². The smallest absolute Gasteiger partial charge is 0.123 e. The highest BCUT2D eigenvalue weighted by molar-refractivity contribution is 5.18. The average Bonchev–Trinajstić information content (AvgIpc) is 2.96. The lowest BCUT2D eigenvalue weighted by Crippen LogP contribution is -2.37. The summed E-state index contributed by atoms with van der Waals surface area (Å²) in [7, 11) is 1.60. The Morgan fingerprint density at radius 3 is 2.52 bits per heavy atom.